The third kappa shape index (κ3) is 4.53. The Bertz CT molecular complexity index is 828. The van der Waals surface area contributed by atoms with Gasteiger partial charge in [-0.05, 0) is 42.5 Å². The molecule has 7 heteroatoms. The second-order valence-electron chi connectivity index (χ2n) is 4.82. The fourth-order valence-electron chi connectivity index (χ4n) is 1.95. The molecule has 0 aliphatic heterocycles. The first-order chi connectivity index (χ1) is 11.7. The Morgan fingerprint density at radius 1 is 1.04 bits per heavy atom. The number of carbonyl (C=O) groups excluding carboxylic acids is 1. The van der Waals surface area contributed by atoms with Crippen LogP contribution in [0.15, 0.2) is 65.8 Å². The van der Waals surface area contributed by atoms with Gasteiger partial charge in [-0.15, -0.1) is 10.2 Å². The first kappa shape index (κ1) is 16.4. The minimum absolute atomic E-state index is 0.127. The first-order valence-corrected chi connectivity index (χ1v) is 8.50. The average Bonchev–Trinajstić information content (AvgIpc) is 2.61. The van der Waals surface area contributed by atoms with Crippen LogP contribution >= 0.6 is 23.4 Å². The third-order valence-corrected chi connectivity index (χ3v) is 4.18. The van der Waals surface area contributed by atoms with E-state index in [1.54, 1.807) is 30.5 Å². The highest BCUT2D eigenvalue weighted by molar-refractivity contribution is 7.99. The number of amides is 1. The molecule has 2 aromatic heterocycles. The summed E-state index contributed by atoms with van der Waals surface area (Å²) < 4.78 is 0. The van der Waals surface area contributed by atoms with Crippen LogP contribution in [0.2, 0.25) is 5.02 Å². The van der Waals surface area contributed by atoms with Gasteiger partial charge >= 0.3 is 0 Å². The van der Waals surface area contributed by atoms with E-state index in [9.17, 15) is 4.79 Å². The predicted molar refractivity (Wildman–Crippen MR) is 96.1 cm³/mol. The van der Waals surface area contributed by atoms with E-state index < -0.39 is 0 Å². The van der Waals surface area contributed by atoms with Gasteiger partial charge in [0.15, 0.2) is 0 Å². The normalized spacial score (nSPS) is 10.4. The summed E-state index contributed by atoms with van der Waals surface area (Å²) in [7, 11) is 0. The number of halogens is 1. The van der Waals surface area contributed by atoms with Crippen LogP contribution in [0.25, 0.3) is 11.4 Å². The molecule has 0 atom stereocenters. The van der Waals surface area contributed by atoms with Crippen LogP contribution in [-0.2, 0) is 4.79 Å². The van der Waals surface area contributed by atoms with Crippen LogP contribution in [0.1, 0.15) is 0 Å². The Labute approximate surface area is 148 Å². The lowest BCUT2D eigenvalue weighted by Gasteiger charge is -2.05. The van der Waals surface area contributed by atoms with E-state index in [1.807, 2.05) is 30.3 Å². The summed E-state index contributed by atoms with van der Waals surface area (Å²) in [5.74, 6) is 0.113. The SMILES string of the molecule is O=C(CSc1ccc(-c2ccccn2)nn1)Nc1cccc(Cl)c1. The molecule has 0 radical (unpaired) electrons. The lowest BCUT2D eigenvalue weighted by molar-refractivity contribution is -0.113. The van der Waals surface area contributed by atoms with Crippen LogP contribution in [0.5, 0.6) is 0 Å². The Hall–Kier alpha value is -2.44. The average molecular weight is 357 g/mol. The maximum atomic E-state index is 12.0. The van der Waals surface area contributed by atoms with Crippen LogP contribution < -0.4 is 5.32 Å². The van der Waals surface area contributed by atoms with Crippen molar-refractivity contribution in [3.8, 4) is 11.4 Å². The molecule has 5 nitrogen and oxygen atoms in total. The summed E-state index contributed by atoms with van der Waals surface area (Å²) in [6.07, 6.45) is 1.71. The van der Waals surface area contributed by atoms with Gasteiger partial charge in [0.05, 0.1) is 11.4 Å². The number of rotatable bonds is 5. The molecule has 3 rings (SSSR count). The monoisotopic (exact) mass is 356 g/mol. The van der Waals surface area contributed by atoms with E-state index in [-0.39, 0.29) is 11.7 Å². The highest BCUT2D eigenvalue weighted by Gasteiger charge is 2.06. The van der Waals surface area contributed by atoms with Crippen molar-refractivity contribution < 1.29 is 4.79 Å². The van der Waals surface area contributed by atoms with Crippen LogP contribution in [0, 0.1) is 0 Å². The van der Waals surface area contributed by atoms with Gasteiger partial charge in [0.25, 0.3) is 0 Å². The van der Waals surface area contributed by atoms with E-state index in [1.165, 1.54) is 11.8 Å². The Morgan fingerprint density at radius 3 is 2.67 bits per heavy atom. The number of aromatic nitrogens is 3. The summed E-state index contributed by atoms with van der Waals surface area (Å²) >= 11 is 7.20. The molecule has 0 fully saturated rings. The summed E-state index contributed by atoms with van der Waals surface area (Å²) in [5.41, 5.74) is 2.13. The molecule has 120 valence electrons. The summed E-state index contributed by atoms with van der Waals surface area (Å²) in [6, 6.07) is 16.3. The number of benzene rings is 1. The van der Waals surface area contributed by atoms with Gasteiger partial charge < -0.3 is 5.32 Å². The standard InChI is InChI=1S/C17H13ClN4OS/c18-12-4-3-5-13(10-12)20-16(23)11-24-17-8-7-15(21-22-17)14-6-1-2-9-19-14/h1-10H,11H2,(H,20,23). The van der Waals surface area contributed by atoms with E-state index in [0.29, 0.717) is 21.4 Å². The van der Waals surface area contributed by atoms with E-state index in [0.717, 1.165) is 5.69 Å². The quantitative estimate of drug-likeness (QED) is 0.702. The number of carbonyl (C=O) groups is 1. The predicted octanol–water partition coefficient (Wildman–Crippen LogP) is 3.92. The lowest BCUT2D eigenvalue weighted by atomic mass is 10.2. The highest BCUT2D eigenvalue weighted by Crippen LogP contribution is 2.19. The van der Waals surface area contributed by atoms with Gasteiger partial charge in [0, 0.05) is 16.9 Å². The third-order valence-electron chi connectivity index (χ3n) is 3.03. The van der Waals surface area contributed by atoms with Crippen molar-refractivity contribution in [3.63, 3.8) is 0 Å². The van der Waals surface area contributed by atoms with Crippen molar-refractivity contribution >= 4 is 35.0 Å². The molecule has 1 N–H and O–H groups in total. The molecule has 0 bridgehead atoms. The number of hydrogen-bond acceptors (Lipinski definition) is 5. The van der Waals surface area contributed by atoms with Crippen molar-refractivity contribution in [3.05, 3.63) is 65.8 Å². The zero-order valence-corrected chi connectivity index (χ0v) is 14.1. The number of hydrogen-bond donors (Lipinski definition) is 1. The van der Waals surface area contributed by atoms with Gasteiger partial charge in [-0.25, -0.2) is 0 Å². The fraction of sp³-hybridized carbons (Fsp3) is 0.0588. The van der Waals surface area contributed by atoms with Gasteiger partial charge in [-0.1, -0.05) is 35.5 Å². The molecular formula is C17H13ClN4OS. The molecule has 0 unspecified atom stereocenters. The maximum absolute atomic E-state index is 12.0. The van der Waals surface area contributed by atoms with Crippen molar-refractivity contribution in [1.82, 2.24) is 15.2 Å². The minimum atomic E-state index is -0.127. The Morgan fingerprint density at radius 2 is 1.96 bits per heavy atom. The van der Waals surface area contributed by atoms with Crippen molar-refractivity contribution in [2.75, 3.05) is 11.1 Å². The molecule has 0 aliphatic rings. The number of nitrogens with zero attached hydrogens (tertiary/aromatic N) is 3. The molecular weight excluding hydrogens is 344 g/mol. The van der Waals surface area contributed by atoms with E-state index >= 15 is 0 Å². The van der Waals surface area contributed by atoms with Gasteiger partial charge in [0.1, 0.15) is 10.7 Å². The van der Waals surface area contributed by atoms with Crippen molar-refractivity contribution in [2.24, 2.45) is 0 Å². The summed E-state index contributed by atoms with van der Waals surface area (Å²) in [6.45, 7) is 0. The van der Waals surface area contributed by atoms with E-state index in [4.69, 9.17) is 11.6 Å². The second kappa shape index (κ2) is 7.90. The molecule has 2 heterocycles. The minimum Gasteiger partial charge on any atom is -0.325 e. The zero-order chi connectivity index (χ0) is 16.8. The van der Waals surface area contributed by atoms with E-state index in [2.05, 4.69) is 20.5 Å². The Balaban J connectivity index is 1.56. The summed E-state index contributed by atoms with van der Waals surface area (Å²) in [5, 5.41) is 12.3. The molecule has 0 saturated carbocycles. The van der Waals surface area contributed by atoms with Crippen molar-refractivity contribution in [2.45, 2.75) is 5.03 Å². The second-order valence-corrected chi connectivity index (χ2v) is 6.25. The number of thioether (sulfide) groups is 1. The molecule has 24 heavy (non-hydrogen) atoms. The number of pyridine rings is 1. The largest absolute Gasteiger partial charge is 0.325 e. The zero-order valence-electron chi connectivity index (χ0n) is 12.5. The molecule has 3 aromatic rings. The fourth-order valence-corrected chi connectivity index (χ4v) is 2.75. The van der Waals surface area contributed by atoms with Crippen molar-refractivity contribution in [1.29, 1.82) is 0 Å². The number of nitrogens with one attached hydrogen (secondary N) is 1. The van der Waals surface area contributed by atoms with Crippen LogP contribution in [-0.4, -0.2) is 26.8 Å². The molecule has 1 aromatic carbocycles. The van der Waals surface area contributed by atoms with Crippen LogP contribution in [0.3, 0.4) is 0 Å². The highest BCUT2D eigenvalue weighted by atomic mass is 35.5. The van der Waals surface area contributed by atoms with Gasteiger partial charge in [-0.2, -0.15) is 0 Å². The lowest BCUT2D eigenvalue weighted by Crippen LogP contribution is -2.14. The molecule has 1 amide bonds. The van der Waals surface area contributed by atoms with Gasteiger partial charge in [-0.3, -0.25) is 9.78 Å². The smallest absolute Gasteiger partial charge is 0.234 e. The summed E-state index contributed by atoms with van der Waals surface area (Å²) in [4.78, 5) is 16.2. The molecule has 0 aliphatic carbocycles. The Kier molecular flexibility index (Phi) is 5.40. The topological polar surface area (TPSA) is 67.8 Å². The number of anilines is 1. The first-order valence-electron chi connectivity index (χ1n) is 7.14. The molecule has 0 saturated heterocycles. The molecule has 0 spiro atoms. The van der Waals surface area contributed by atoms with Crippen LogP contribution in [0.4, 0.5) is 5.69 Å². The maximum Gasteiger partial charge on any atom is 0.234 e. The van der Waals surface area contributed by atoms with Gasteiger partial charge in [0.2, 0.25) is 5.91 Å².